The second-order valence-corrected chi connectivity index (χ2v) is 4.97. The number of rotatable bonds is 3. The fraction of sp³-hybridized carbons (Fsp3) is 0.125. The molecule has 2 aromatic heterocycles. The molecule has 112 valence electrons. The van der Waals surface area contributed by atoms with Crippen molar-refractivity contribution in [2.75, 3.05) is 0 Å². The monoisotopic (exact) mass is 299 g/mol. The summed E-state index contributed by atoms with van der Waals surface area (Å²) in [6.45, 7) is 1.73. The Hall–Kier alpha value is -2.89. The highest BCUT2D eigenvalue weighted by atomic mass is 19.1. The first-order chi connectivity index (χ1) is 10.6. The van der Waals surface area contributed by atoms with Crippen molar-refractivity contribution in [1.29, 1.82) is 0 Å². The summed E-state index contributed by atoms with van der Waals surface area (Å²) in [5.74, 6) is -0.361. The third-order valence-corrected chi connectivity index (χ3v) is 3.44. The molecule has 2 N–H and O–H groups in total. The van der Waals surface area contributed by atoms with Gasteiger partial charge in [-0.1, -0.05) is 6.07 Å². The van der Waals surface area contributed by atoms with Gasteiger partial charge in [0.05, 0.1) is 11.7 Å². The van der Waals surface area contributed by atoms with Crippen molar-refractivity contribution in [3.05, 3.63) is 60.2 Å². The molecule has 1 atom stereocenters. The van der Waals surface area contributed by atoms with Gasteiger partial charge in [-0.2, -0.15) is 0 Å². The minimum Gasteiger partial charge on any atom is -0.465 e. The minimum absolute atomic E-state index is 0.361. The molecule has 0 aliphatic heterocycles. The highest BCUT2D eigenvalue weighted by molar-refractivity contribution is 5.80. The third-order valence-electron chi connectivity index (χ3n) is 3.44. The zero-order valence-corrected chi connectivity index (χ0v) is 11.8. The molecular formula is C16H14FN3O2. The van der Waals surface area contributed by atoms with Gasteiger partial charge < -0.3 is 10.4 Å². The largest absolute Gasteiger partial charge is 0.465 e. The van der Waals surface area contributed by atoms with Crippen LogP contribution in [0.4, 0.5) is 9.18 Å². The van der Waals surface area contributed by atoms with Crippen molar-refractivity contribution in [3.8, 4) is 5.69 Å². The van der Waals surface area contributed by atoms with Gasteiger partial charge in [-0.15, -0.1) is 0 Å². The molecule has 0 aliphatic rings. The normalized spacial score (nSPS) is 12.3. The Labute approximate surface area is 126 Å². The second kappa shape index (κ2) is 5.48. The van der Waals surface area contributed by atoms with Crippen molar-refractivity contribution >= 4 is 17.1 Å². The standard InChI is InChI=1S/C16H14FN3O2/c1-10(19-16(21)22)14-8-11-4-3-7-18-15(11)20(14)13-6-2-5-12(17)9-13/h2-10,19H,1H3,(H,21,22). The number of hydrogen-bond acceptors (Lipinski definition) is 2. The lowest BCUT2D eigenvalue weighted by molar-refractivity contribution is 0.190. The van der Waals surface area contributed by atoms with Gasteiger partial charge in [-0.3, -0.25) is 4.57 Å². The van der Waals surface area contributed by atoms with Gasteiger partial charge >= 0.3 is 6.09 Å². The molecule has 1 aromatic carbocycles. The van der Waals surface area contributed by atoms with Crippen LogP contribution < -0.4 is 5.32 Å². The quantitative estimate of drug-likeness (QED) is 0.778. The van der Waals surface area contributed by atoms with Gasteiger partial charge in [-0.25, -0.2) is 14.2 Å². The first-order valence-electron chi connectivity index (χ1n) is 6.78. The van der Waals surface area contributed by atoms with E-state index in [1.807, 2.05) is 12.1 Å². The molecule has 6 heteroatoms. The smallest absolute Gasteiger partial charge is 0.405 e. The Kier molecular flexibility index (Phi) is 3.50. The average molecular weight is 299 g/mol. The summed E-state index contributed by atoms with van der Waals surface area (Å²) in [5.41, 5.74) is 1.95. The van der Waals surface area contributed by atoms with E-state index in [0.717, 1.165) is 5.39 Å². The van der Waals surface area contributed by atoms with E-state index in [4.69, 9.17) is 5.11 Å². The lowest BCUT2D eigenvalue weighted by Gasteiger charge is -2.16. The Morgan fingerprint density at radius 3 is 2.86 bits per heavy atom. The van der Waals surface area contributed by atoms with Gasteiger partial charge in [0.2, 0.25) is 0 Å². The maximum atomic E-state index is 13.6. The second-order valence-electron chi connectivity index (χ2n) is 4.97. The van der Waals surface area contributed by atoms with E-state index in [-0.39, 0.29) is 5.82 Å². The molecule has 0 fully saturated rings. The maximum absolute atomic E-state index is 13.6. The van der Waals surface area contributed by atoms with Crippen LogP contribution in [0.25, 0.3) is 16.7 Å². The van der Waals surface area contributed by atoms with Crippen molar-refractivity contribution in [2.45, 2.75) is 13.0 Å². The number of hydrogen-bond donors (Lipinski definition) is 2. The number of benzene rings is 1. The number of amides is 1. The third kappa shape index (κ3) is 2.50. The molecule has 0 bridgehead atoms. The van der Waals surface area contributed by atoms with Crippen LogP contribution in [0.2, 0.25) is 0 Å². The van der Waals surface area contributed by atoms with Crippen LogP contribution in [-0.2, 0) is 0 Å². The maximum Gasteiger partial charge on any atom is 0.405 e. The van der Waals surface area contributed by atoms with Gasteiger partial charge in [0, 0.05) is 17.3 Å². The van der Waals surface area contributed by atoms with E-state index in [9.17, 15) is 9.18 Å². The Balaban J connectivity index is 2.23. The molecule has 2 heterocycles. The van der Waals surface area contributed by atoms with Crippen molar-refractivity contribution in [3.63, 3.8) is 0 Å². The number of carbonyl (C=O) groups is 1. The molecule has 22 heavy (non-hydrogen) atoms. The molecule has 0 radical (unpaired) electrons. The van der Waals surface area contributed by atoms with Gasteiger partial charge in [0.1, 0.15) is 11.5 Å². The predicted octanol–water partition coefficient (Wildman–Crippen LogP) is 3.49. The molecule has 0 saturated carbocycles. The highest BCUT2D eigenvalue weighted by Crippen LogP contribution is 2.27. The number of aromatic nitrogens is 2. The van der Waals surface area contributed by atoms with Gasteiger partial charge in [0.25, 0.3) is 0 Å². The van der Waals surface area contributed by atoms with Crippen molar-refractivity contribution in [1.82, 2.24) is 14.9 Å². The lowest BCUT2D eigenvalue weighted by Crippen LogP contribution is -2.26. The van der Waals surface area contributed by atoms with E-state index in [2.05, 4.69) is 10.3 Å². The first kappa shape index (κ1) is 14.1. The molecule has 1 unspecified atom stereocenters. The van der Waals surface area contributed by atoms with E-state index < -0.39 is 12.1 Å². The number of fused-ring (bicyclic) bond motifs is 1. The lowest BCUT2D eigenvalue weighted by atomic mass is 10.2. The van der Waals surface area contributed by atoms with Crippen LogP contribution in [0.5, 0.6) is 0 Å². The average Bonchev–Trinajstić information content (AvgIpc) is 2.86. The molecular weight excluding hydrogens is 285 g/mol. The summed E-state index contributed by atoms with van der Waals surface area (Å²) in [6, 6.07) is 11.2. The van der Waals surface area contributed by atoms with Crippen molar-refractivity contribution in [2.24, 2.45) is 0 Å². The van der Waals surface area contributed by atoms with E-state index in [1.54, 1.807) is 35.9 Å². The summed E-state index contributed by atoms with van der Waals surface area (Å²) in [5, 5.41) is 12.2. The minimum atomic E-state index is -1.11. The van der Waals surface area contributed by atoms with Gasteiger partial charge in [0.15, 0.2) is 0 Å². The summed E-state index contributed by atoms with van der Waals surface area (Å²) >= 11 is 0. The van der Waals surface area contributed by atoms with E-state index in [1.165, 1.54) is 12.1 Å². The number of nitrogens with zero attached hydrogens (tertiary/aromatic N) is 2. The van der Waals surface area contributed by atoms with Crippen LogP contribution >= 0.6 is 0 Å². The van der Waals surface area contributed by atoms with E-state index in [0.29, 0.717) is 17.0 Å². The molecule has 0 saturated heterocycles. The van der Waals surface area contributed by atoms with Crippen molar-refractivity contribution < 1.29 is 14.3 Å². The van der Waals surface area contributed by atoms with E-state index >= 15 is 0 Å². The number of halogens is 1. The predicted molar refractivity (Wildman–Crippen MR) is 80.6 cm³/mol. The summed E-state index contributed by atoms with van der Waals surface area (Å²) in [4.78, 5) is 15.2. The van der Waals surface area contributed by atoms with Crippen LogP contribution in [0.15, 0.2) is 48.7 Å². The zero-order chi connectivity index (χ0) is 15.7. The highest BCUT2D eigenvalue weighted by Gasteiger charge is 2.18. The SMILES string of the molecule is CC(NC(=O)O)c1cc2cccnc2n1-c1cccc(F)c1. The summed E-state index contributed by atoms with van der Waals surface area (Å²) in [6.07, 6.45) is 0.536. The Morgan fingerprint density at radius 2 is 2.14 bits per heavy atom. The molecule has 0 aliphatic carbocycles. The Morgan fingerprint density at radius 1 is 1.32 bits per heavy atom. The molecule has 5 nitrogen and oxygen atoms in total. The zero-order valence-electron chi connectivity index (χ0n) is 11.8. The molecule has 1 amide bonds. The number of nitrogens with one attached hydrogen (secondary N) is 1. The fourth-order valence-electron chi connectivity index (χ4n) is 2.52. The topological polar surface area (TPSA) is 67.2 Å². The summed E-state index contributed by atoms with van der Waals surface area (Å²) in [7, 11) is 0. The number of pyridine rings is 1. The molecule has 3 aromatic rings. The van der Waals surface area contributed by atoms with Crippen LogP contribution in [0.3, 0.4) is 0 Å². The molecule has 3 rings (SSSR count). The van der Waals surface area contributed by atoms with Gasteiger partial charge in [-0.05, 0) is 43.3 Å². The fourth-order valence-corrected chi connectivity index (χ4v) is 2.52. The Bertz CT molecular complexity index is 844. The van der Waals surface area contributed by atoms with Crippen LogP contribution in [0, 0.1) is 5.82 Å². The first-order valence-corrected chi connectivity index (χ1v) is 6.78. The number of carboxylic acid groups (broad SMARTS) is 1. The van der Waals surface area contributed by atoms with Crippen LogP contribution in [-0.4, -0.2) is 20.8 Å². The summed E-state index contributed by atoms with van der Waals surface area (Å²) < 4.78 is 15.3. The molecule has 0 spiro atoms. The van der Waals surface area contributed by atoms with Crippen LogP contribution in [0.1, 0.15) is 18.7 Å².